The number of hydrogen-bond acceptors (Lipinski definition) is 2. The van der Waals surface area contributed by atoms with Gasteiger partial charge in [-0.2, -0.15) is 0 Å². The number of nitrogens with two attached hydrogens (primary N) is 1. The number of rotatable bonds is 5. The molecular weight excluding hydrogens is 124 g/mol. The molecule has 0 radical (unpaired) electrons. The minimum absolute atomic E-state index is 0.701. The smallest absolute Gasteiger partial charge is 0.0168 e. The van der Waals surface area contributed by atoms with E-state index in [1.54, 1.807) is 0 Å². The Morgan fingerprint density at radius 1 is 1.60 bits per heavy atom. The molecular formula is C8H18N2. The third-order valence-corrected chi connectivity index (χ3v) is 1.53. The van der Waals surface area contributed by atoms with Crippen molar-refractivity contribution >= 4 is 0 Å². The third kappa shape index (κ3) is 3.51. The Morgan fingerprint density at radius 2 is 2.20 bits per heavy atom. The first-order valence-corrected chi connectivity index (χ1v) is 3.81. The van der Waals surface area contributed by atoms with Crippen LogP contribution in [0.25, 0.3) is 0 Å². The van der Waals surface area contributed by atoms with E-state index >= 15 is 0 Å². The van der Waals surface area contributed by atoms with Crippen LogP contribution in [0.5, 0.6) is 0 Å². The summed E-state index contributed by atoms with van der Waals surface area (Å²) < 4.78 is 0. The average molecular weight is 142 g/mol. The van der Waals surface area contributed by atoms with Gasteiger partial charge in [0.25, 0.3) is 0 Å². The van der Waals surface area contributed by atoms with Crippen LogP contribution in [-0.4, -0.2) is 25.0 Å². The summed E-state index contributed by atoms with van der Waals surface area (Å²) in [6.07, 6.45) is 2.08. The van der Waals surface area contributed by atoms with E-state index in [1.165, 1.54) is 6.42 Å². The maximum atomic E-state index is 5.38. The van der Waals surface area contributed by atoms with Gasteiger partial charge in [-0.1, -0.05) is 13.5 Å². The molecule has 2 N–H and O–H groups in total. The Hall–Kier alpha value is -0.500. The third-order valence-electron chi connectivity index (χ3n) is 1.53. The van der Waals surface area contributed by atoms with Gasteiger partial charge in [0.1, 0.15) is 0 Å². The maximum absolute atomic E-state index is 5.38. The summed E-state index contributed by atoms with van der Waals surface area (Å²) >= 11 is 0. The molecule has 0 aliphatic rings. The van der Waals surface area contributed by atoms with Crippen molar-refractivity contribution in [3.8, 4) is 0 Å². The van der Waals surface area contributed by atoms with Crippen molar-refractivity contribution in [1.82, 2.24) is 4.90 Å². The van der Waals surface area contributed by atoms with Crippen molar-refractivity contribution in [3.63, 3.8) is 0 Å². The van der Waals surface area contributed by atoms with Crippen LogP contribution in [0.1, 0.15) is 19.8 Å². The molecule has 2 heteroatoms. The van der Waals surface area contributed by atoms with Gasteiger partial charge in [0.05, 0.1) is 0 Å². The van der Waals surface area contributed by atoms with Crippen LogP contribution in [-0.2, 0) is 0 Å². The van der Waals surface area contributed by atoms with Crippen LogP contribution in [0.4, 0.5) is 0 Å². The number of nitrogens with zero attached hydrogens (tertiary/aromatic N) is 1. The standard InChI is InChI=1S/C8H18N2/c1-4-7-10(3)8(2)5-6-9/h2,4-7,9H2,1,3H3. The second kappa shape index (κ2) is 5.30. The summed E-state index contributed by atoms with van der Waals surface area (Å²) in [7, 11) is 2.06. The van der Waals surface area contributed by atoms with Gasteiger partial charge in [-0.15, -0.1) is 0 Å². The first kappa shape index (κ1) is 9.50. The molecule has 0 rings (SSSR count). The summed E-state index contributed by atoms with van der Waals surface area (Å²) in [5.41, 5.74) is 6.52. The largest absolute Gasteiger partial charge is 0.378 e. The van der Waals surface area contributed by atoms with Gasteiger partial charge >= 0.3 is 0 Å². The fourth-order valence-electron chi connectivity index (χ4n) is 0.851. The van der Waals surface area contributed by atoms with Crippen molar-refractivity contribution in [2.45, 2.75) is 19.8 Å². The van der Waals surface area contributed by atoms with E-state index in [0.29, 0.717) is 6.54 Å². The highest BCUT2D eigenvalue weighted by molar-refractivity contribution is 4.91. The topological polar surface area (TPSA) is 29.3 Å². The van der Waals surface area contributed by atoms with Gasteiger partial charge in [-0.25, -0.2) is 0 Å². The van der Waals surface area contributed by atoms with E-state index in [4.69, 9.17) is 5.73 Å². The first-order valence-electron chi connectivity index (χ1n) is 3.81. The molecule has 2 nitrogen and oxygen atoms in total. The minimum atomic E-state index is 0.701. The molecule has 0 unspecified atom stereocenters. The summed E-state index contributed by atoms with van der Waals surface area (Å²) in [4.78, 5) is 2.16. The van der Waals surface area contributed by atoms with Gasteiger partial charge in [-0.3, -0.25) is 0 Å². The Morgan fingerprint density at radius 3 is 2.60 bits per heavy atom. The molecule has 0 aliphatic heterocycles. The van der Waals surface area contributed by atoms with Crippen LogP contribution in [0.15, 0.2) is 12.3 Å². The number of hydrogen-bond donors (Lipinski definition) is 1. The second-order valence-electron chi connectivity index (χ2n) is 2.53. The van der Waals surface area contributed by atoms with E-state index in [-0.39, 0.29) is 0 Å². The predicted molar refractivity (Wildman–Crippen MR) is 45.7 cm³/mol. The average Bonchev–Trinajstić information content (AvgIpc) is 1.89. The van der Waals surface area contributed by atoms with E-state index in [9.17, 15) is 0 Å². The Labute approximate surface area is 63.7 Å². The highest BCUT2D eigenvalue weighted by atomic mass is 15.1. The zero-order valence-corrected chi connectivity index (χ0v) is 7.06. The molecule has 0 saturated heterocycles. The van der Waals surface area contributed by atoms with E-state index in [2.05, 4.69) is 25.5 Å². The molecule has 0 amide bonds. The molecule has 0 spiro atoms. The van der Waals surface area contributed by atoms with Crippen molar-refractivity contribution in [3.05, 3.63) is 12.3 Å². The Bertz CT molecular complexity index is 99.4. The lowest BCUT2D eigenvalue weighted by molar-refractivity contribution is 0.404. The van der Waals surface area contributed by atoms with Gasteiger partial charge in [-0.05, 0) is 19.4 Å². The molecule has 0 heterocycles. The quantitative estimate of drug-likeness (QED) is 0.624. The molecule has 0 atom stereocenters. The van der Waals surface area contributed by atoms with E-state index in [1.807, 2.05) is 0 Å². The molecule has 0 aromatic carbocycles. The maximum Gasteiger partial charge on any atom is 0.0168 e. The zero-order valence-electron chi connectivity index (χ0n) is 7.06. The molecule has 60 valence electrons. The molecule has 0 fully saturated rings. The molecule has 0 bridgehead atoms. The lowest BCUT2D eigenvalue weighted by Crippen LogP contribution is -2.19. The van der Waals surface area contributed by atoms with Crippen molar-refractivity contribution in [2.75, 3.05) is 20.1 Å². The molecule has 0 saturated carbocycles. The normalized spacial score (nSPS) is 9.50. The first-order chi connectivity index (χ1) is 4.72. The van der Waals surface area contributed by atoms with Gasteiger partial charge in [0.15, 0.2) is 0 Å². The Balaban J connectivity index is 3.49. The van der Waals surface area contributed by atoms with Gasteiger partial charge in [0.2, 0.25) is 0 Å². The van der Waals surface area contributed by atoms with E-state index < -0.39 is 0 Å². The Kier molecular flexibility index (Phi) is 5.03. The summed E-state index contributed by atoms with van der Waals surface area (Å²) in [6, 6.07) is 0. The predicted octanol–water partition coefficient (Wildman–Crippen LogP) is 1.19. The highest BCUT2D eigenvalue weighted by Crippen LogP contribution is 2.02. The SMILES string of the molecule is C=C(CCN)N(C)CCC. The summed E-state index contributed by atoms with van der Waals surface area (Å²) in [5.74, 6) is 0. The zero-order chi connectivity index (χ0) is 7.98. The molecule has 0 aliphatic carbocycles. The van der Waals surface area contributed by atoms with Crippen LogP contribution in [0, 0.1) is 0 Å². The molecule has 0 aromatic rings. The van der Waals surface area contributed by atoms with Crippen LogP contribution < -0.4 is 5.73 Å². The highest BCUT2D eigenvalue weighted by Gasteiger charge is 1.97. The minimum Gasteiger partial charge on any atom is -0.378 e. The van der Waals surface area contributed by atoms with Crippen LogP contribution in [0.2, 0.25) is 0 Å². The van der Waals surface area contributed by atoms with Crippen molar-refractivity contribution in [1.29, 1.82) is 0 Å². The van der Waals surface area contributed by atoms with Crippen molar-refractivity contribution < 1.29 is 0 Å². The van der Waals surface area contributed by atoms with Crippen LogP contribution >= 0.6 is 0 Å². The molecule has 0 aromatic heterocycles. The fraction of sp³-hybridized carbons (Fsp3) is 0.750. The van der Waals surface area contributed by atoms with Crippen LogP contribution in [0.3, 0.4) is 0 Å². The fourth-order valence-corrected chi connectivity index (χ4v) is 0.851. The molecule has 10 heavy (non-hydrogen) atoms. The van der Waals surface area contributed by atoms with Crippen molar-refractivity contribution in [2.24, 2.45) is 5.73 Å². The summed E-state index contributed by atoms with van der Waals surface area (Å²) in [5, 5.41) is 0. The second-order valence-corrected chi connectivity index (χ2v) is 2.53. The lowest BCUT2D eigenvalue weighted by Gasteiger charge is -2.20. The van der Waals surface area contributed by atoms with E-state index in [0.717, 1.165) is 18.7 Å². The summed E-state index contributed by atoms with van der Waals surface area (Å²) in [6.45, 7) is 7.85. The lowest BCUT2D eigenvalue weighted by atomic mass is 10.3. The monoisotopic (exact) mass is 142 g/mol. The van der Waals surface area contributed by atoms with Gasteiger partial charge < -0.3 is 10.6 Å². The van der Waals surface area contributed by atoms with Gasteiger partial charge in [0, 0.05) is 19.3 Å².